The zero-order valence-electron chi connectivity index (χ0n) is 7.19. The summed E-state index contributed by atoms with van der Waals surface area (Å²) in [5.41, 5.74) is 0. The van der Waals surface area contributed by atoms with E-state index in [0.29, 0.717) is 11.3 Å². The van der Waals surface area contributed by atoms with E-state index in [1.165, 1.54) is 0 Å². The van der Waals surface area contributed by atoms with Crippen LogP contribution in [-0.2, 0) is 4.79 Å². The van der Waals surface area contributed by atoms with Gasteiger partial charge < -0.3 is 4.90 Å². The minimum atomic E-state index is -4.83. The molecule has 0 unspecified atom stereocenters. The lowest BCUT2D eigenvalue weighted by molar-refractivity contribution is -0.184. The lowest BCUT2D eigenvalue weighted by atomic mass is 10.4. The van der Waals surface area contributed by atoms with Crippen molar-refractivity contribution in [3.63, 3.8) is 0 Å². The molecule has 0 aliphatic heterocycles. The summed E-state index contributed by atoms with van der Waals surface area (Å²) >= 11 is 0. The van der Waals surface area contributed by atoms with Crippen molar-refractivity contribution in [2.75, 3.05) is 13.1 Å². The van der Waals surface area contributed by atoms with E-state index in [0.717, 1.165) is 0 Å². The van der Waals surface area contributed by atoms with Crippen molar-refractivity contribution in [3.8, 4) is 12.3 Å². The van der Waals surface area contributed by atoms with Gasteiger partial charge in [-0.15, -0.1) is 6.42 Å². The number of carbonyl (C=O) groups is 1. The van der Waals surface area contributed by atoms with Crippen LogP contribution in [-0.4, -0.2) is 30.1 Å². The van der Waals surface area contributed by atoms with Crippen molar-refractivity contribution in [3.05, 3.63) is 0 Å². The van der Waals surface area contributed by atoms with Crippen LogP contribution >= 0.6 is 0 Å². The molecule has 0 aliphatic carbocycles. The molecule has 0 aromatic heterocycles. The maximum absolute atomic E-state index is 11.9. The van der Waals surface area contributed by atoms with Crippen molar-refractivity contribution in [2.24, 2.45) is 0 Å². The molecular weight excluding hydrogens is 183 g/mol. The Labute approximate surface area is 74.7 Å². The molecule has 74 valence electrons. The molecular formula is C8H10F3NO. The number of hydrogen-bond donors (Lipinski definition) is 0. The second kappa shape index (κ2) is 4.75. The van der Waals surface area contributed by atoms with Gasteiger partial charge in [-0.2, -0.15) is 13.2 Å². The Balaban J connectivity index is 4.38. The smallest absolute Gasteiger partial charge is 0.324 e. The highest BCUT2D eigenvalue weighted by Crippen LogP contribution is 2.18. The van der Waals surface area contributed by atoms with Crippen LogP contribution in [0.2, 0.25) is 0 Å². The topological polar surface area (TPSA) is 20.3 Å². The summed E-state index contributed by atoms with van der Waals surface area (Å²) in [7, 11) is 0. The lowest BCUT2D eigenvalue weighted by Crippen LogP contribution is -2.41. The van der Waals surface area contributed by atoms with Gasteiger partial charge >= 0.3 is 12.1 Å². The first kappa shape index (κ1) is 11.8. The van der Waals surface area contributed by atoms with Gasteiger partial charge in [0.2, 0.25) is 0 Å². The Morgan fingerprint density at radius 2 is 2.08 bits per heavy atom. The molecule has 0 saturated heterocycles. The summed E-state index contributed by atoms with van der Waals surface area (Å²) < 4.78 is 35.7. The standard InChI is InChI=1S/C8H10F3NO/c1-3-5-12(6-4-2)7(13)8(9,10)11/h1H,4-6H2,2H3. The van der Waals surface area contributed by atoms with E-state index in [2.05, 4.69) is 0 Å². The third kappa shape index (κ3) is 3.83. The van der Waals surface area contributed by atoms with Gasteiger partial charge in [0.15, 0.2) is 0 Å². The van der Waals surface area contributed by atoms with Gasteiger partial charge in [0.1, 0.15) is 0 Å². The van der Waals surface area contributed by atoms with Gasteiger partial charge in [-0.3, -0.25) is 4.79 Å². The third-order valence-corrected chi connectivity index (χ3v) is 1.31. The number of amides is 1. The molecule has 0 atom stereocenters. The Bertz CT molecular complexity index is 216. The molecule has 0 bridgehead atoms. The van der Waals surface area contributed by atoms with Gasteiger partial charge in [0.05, 0.1) is 6.54 Å². The van der Waals surface area contributed by atoms with E-state index in [-0.39, 0.29) is 13.1 Å². The molecule has 0 aromatic carbocycles. The van der Waals surface area contributed by atoms with E-state index in [1.54, 1.807) is 6.92 Å². The fourth-order valence-electron chi connectivity index (χ4n) is 0.812. The average molecular weight is 193 g/mol. The summed E-state index contributed by atoms with van der Waals surface area (Å²) in [5, 5.41) is 0. The highest BCUT2D eigenvalue weighted by molar-refractivity contribution is 5.82. The molecule has 0 fully saturated rings. The second-order valence-corrected chi connectivity index (χ2v) is 2.43. The number of rotatable bonds is 3. The Kier molecular flexibility index (Phi) is 4.32. The van der Waals surface area contributed by atoms with E-state index in [4.69, 9.17) is 6.42 Å². The number of alkyl halides is 3. The summed E-state index contributed by atoms with van der Waals surface area (Å²) in [4.78, 5) is 11.3. The minimum absolute atomic E-state index is 0.0303. The highest BCUT2D eigenvalue weighted by Gasteiger charge is 2.41. The summed E-state index contributed by atoms with van der Waals surface area (Å²) in [6.45, 7) is 1.40. The summed E-state index contributed by atoms with van der Waals surface area (Å²) in [6, 6.07) is 0. The number of nitrogens with zero attached hydrogens (tertiary/aromatic N) is 1. The molecule has 0 spiro atoms. The van der Waals surface area contributed by atoms with Crippen LogP contribution in [0, 0.1) is 12.3 Å². The van der Waals surface area contributed by atoms with Gasteiger partial charge in [0, 0.05) is 6.54 Å². The maximum Gasteiger partial charge on any atom is 0.471 e. The van der Waals surface area contributed by atoms with Crippen LogP contribution < -0.4 is 0 Å². The first-order valence-corrected chi connectivity index (χ1v) is 3.73. The zero-order chi connectivity index (χ0) is 10.5. The molecule has 0 aliphatic rings. The molecule has 0 saturated carbocycles. The van der Waals surface area contributed by atoms with Gasteiger partial charge in [-0.05, 0) is 6.42 Å². The first-order chi connectivity index (χ1) is 5.93. The lowest BCUT2D eigenvalue weighted by Gasteiger charge is -2.20. The SMILES string of the molecule is C#CCN(CCC)C(=O)C(F)(F)F. The van der Waals surface area contributed by atoms with Crippen LogP contribution in [0.25, 0.3) is 0 Å². The summed E-state index contributed by atoms with van der Waals surface area (Å²) in [6.07, 6.45) is 0.450. The number of carbonyl (C=O) groups excluding carboxylic acids is 1. The fraction of sp³-hybridized carbons (Fsp3) is 0.625. The second-order valence-electron chi connectivity index (χ2n) is 2.43. The van der Waals surface area contributed by atoms with Gasteiger partial charge in [-0.25, -0.2) is 0 Å². The normalized spacial score (nSPS) is 10.7. The monoisotopic (exact) mass is 193 g/mol. The minimum Gasteiger partial charge on any atom is -0.324 e. The van der Waals surface area contributed by atoms with Gasteiger partial charge in [0.25, 0.3) is 0 Å². The molecule has 1 amide bonds. The van der Waals surface area contributed by atoms with Crippen LogP contribution in [0.5, 0.6) is 0 Å². The van der Waals surface area contributed by atoms with E-state index in [9.17, 15) is 18.0 Å². The Morgan fingerprint density at radius 3 is 2.38 bits per heavy atom. The molecule has 0 aromatic rings. The quantitative estimate of drug-likeness (QED) is 0.621. The number of hydrogen-bond acceptors (Lipinski definition) is 1. The predicted molar refractivity (Wildman–Crippen MR) is 41.8 cm³/mol. The first-order valence-electron chi connectivity index (χ1n) is 3.73. The number of halogens is 3. The van der Waals surface area contributed by atoms with Crippen LogP contribution in [0.4, 0.5) is 13.2 Å². The van der Waals surface area contributed by atoms with E-state index >= 15 is 0 Å². The largest absolute Gasteiger partial charge is 0.471 e. The van der Waals surface area contributed by atoms with Crippen molar-refractivity contribution in [1.82, 2.24) is 4.90 Å². The van der Waals surface area contributed by atoms with Crippen molar-refractivity contribution in [2.45, 2.75) is 19.5 Å². The average Bonchev–Trinajstić information content (AvgIpc) is 2.01. The molecule has 0 heterocycles. The molecule has 5 heteroatoms. The summed E-state index contributed by atoms with van der Waals surface area (Å²) in [5.74, 6) is 0.142. The molecule has 0 radical (unpaired) electrons. The van der Waals surface area contributed by atoms with Crippen molar-refractivity contribution in [1.29, 1.82) is 0 Å². The van der Waals surface area contributed by atoms with Crippen molar-refractivity contribution < 1.29 is 18.0 Å². The van der Waals surface area contributed by atoms with E-state index < -0.39 is 12.1 Å². The zero-order valence-corrected chi connectivity index (χ0v) is 7.19. The van der Waals surface area contributed by atoms with Crippen LogP contribution in [0.1, 0.15) is 13.3 Å². The highest BCUT2D eigenvalue weighted by atomic mass is 19.4. The van der Waals surface area contributed by atoms with Crippen molar-refractivity contribution >= 4 is 5.91 Å². The fourth-order valence-corrected chi connectivity index (χ4v) is 0.812. The van der Waals surface area contributed by atoms with Crippen LogP contribution in [0.15, 0.2) is 0 Å². The third-order valence-electron chi connectivity index (χ3n) is 1.31. The van der Waals surface area contributed by atoms with Crippen LogP contribution in [0.3, 0.4) is 0 Å². The van der Waals surface area contributed by atoms with Gasteiger partial charge in [-0.1, -0.05) is 12.8 Å². The van der Waals surface area contributed by atoms with E-state index in [1.807, 2.05) is 5.92 Å². The Morgan fingerprint density at radius 1 is 1.54 bits per heavy atom. The molecule has 13 heavy (non-hydrogen) atoms. The Hall–Kier alpha value is -1.18. The number of terminal acetylenes is 1. The molecule has 2 nitrogen and oxygen atoms in total. The maximum atomic E-state index is 11.9. The molecule has 0 N–H and O–H groups in total. The molecule has 0 rings (SSSR count). The predicted octanol–water partition coefficient (Wildman–Crippen LogP) is 1.42.